The molecule has 3 amide bonds. The van der Waals surface area contributed by atoms with E-state index in [1.807, 2.05) is 35.2 Å². The number of thioether (sulfide) groups is 1. The van der Waals surface area contributed by atoms with Crippen LogP contribution in [0.5, 0.6) is 0 Å². The molecule has 12 nitrogen and oxygen atoms in total. The number of nitrogens with one attached hydrogen (secondary N) is 1. The Morgan fingerprint density at radius 2 is 1.97 bits per heavy atom. The van der Waals surface area contributed by atoms with E-state index in [0.717, 1.165) is 23.8 Å². The Kier molecular flexibility index (Phi) is 6.13. The highest BCUT2D eigenvalue weighted by Crippen LogP contribution is 2.27. The van der Waals surface area contributed by atoms with Gasteiger partial charge >= 0.3 is 6.03 Å². The Morgan fingerprint density at radius 3 is 2.76 bits per heavy atom. The number of morpholine rings is 1. The molecule has 0 aliphatic carbocycles. The number of hydrogen-bond donors (Lipinski definition) is 1. The lowest BCUT2D eigenvalue weighted by atomic mass is 10.1. The maximum atomic E-state index is 12.7. The SMILES string of the molecule is CN1C(=O)NC(=O)C2C1N=C(N1CCOCC1)N2CCCSc1nnnn1-c1ccccc1. The van der Waals surface area contributed by atoms with E-state index in [4.69, 9.17) is 9.73 Å². The molecule has 5 rings (SSSR count). The number of guanidine groups is 1. The number of amides is 3. The summed E-state index contributed by atoms with van der Waals surface area (Å²) in [6, 6.07) is 8.79. The van der Waals surface area contributed by atoms with Crippen molar-refractivity contribution in [3.05, 3.63) is 30.3 Å². The number of aliphatic imine (C=N–C) groups is 1. The van der Waals surface area contributed by atoms with Crippen molar-refractivity contribution in [1.82, 2.24) is 40.2 Å². The van der Waals surface area contributed by atoms with Gasteiger partial charge in [-0.25, -0.2) is 9.79 Å². The zero-order valence-corrected chi connectivity index (χ0v) is 19.0. The van der Waals surface area contributed by atoms with Crippen LogP contribution in [-0.2, 0) is 9.53 Å². The van der Waals surface area contributed by atoms with E-state index < -0.39 is 18.2 Å². The van der Waals surface area contributed by atoms with Crippen LogP contribution in [0, 0.1) is 0 Å². The Labute approximate surface area is 194 Å². The topological polar surface area (TPSA) is 121 Å². The first kappa shape index (κ1) is 21.6. The van der Waals surface area contributed by atoms with Crippen LogP contribution >= 0.6 is 11.8 Å². The molecule has 13 heteroatoms. The van der Waals surface area contributed by atoms with Crippen molar-refractivity contribution in [1.29, 1.82) is 0 Å². The third-order valence-electron chi connectivity index (χ3n) is 5.85. The summed E-state index contributed by atoms with van der Waals surface area (Å²) in [7, 11) is 1.67. The third kappa shape index (κ3) is 4.25. The Hall–Kier alpha value is -3.19. The van der Waals surface area contributed by atoms with Crippen LogP contribution in [0.2, 0.25) is 0 Å². The fourth-order valence-corrected chi connectivity index (χ4v) is 4.99. The molecule has 2 saturated heterocycles. The number of para-hydroxylation sites is 1. The minimum Gasteiger partial charge on any atom is -0.378 e. The molecule has 4 heterocycles. The van der Waals surface area contributed by atoms with Crippen LogP contribution in [0.4, 0.5) is 4.79 Å². The minimum absolute atomic E-state index is 0.309. The first-order valence-electron chi connectivity index (χ1n) is 10.8. The molecule has 3 aliphatic rings. The molecule has 2 aromatic rings. The van der Waals surface area contributed by atoms with Gasteiger partial charge in [0.2, 0.25) is 5.16 Å². The van der Waals surface area contributed by atoms with Crippen molar-refractivity contribution in [2.45, 2.75) is 23.8 Å². The summed E-state index contributed by atoms with van der Waals surface area (Å²) in [5.74, 6) is 1.20. The predicted octanol–water partition coefficient (Wildman–Crippen LogP) is 0.0246. The normalized spacial score (nSPS) is 22.9. The van der Waals surface area contributed by atoms with Crippen LogP contribution < -0.4 is 5.32 Å². The van der Waals surface area contributed by atoms with E-state index in [1.54, 1.807) is 23.5 Å². The monoisotopic (exact) mass is 471 g/mol. The van der Waals surface area contributed by atoms with E-state index in [1.165, 1.54) is 4.90 Å². The number of aromatic nitrogens is 4. The van der Waals surface area contributed by atoms with Gasteiger partial charge in [0, 0.05) is 32.4 Å². The van der Waals surface area contributed by atoms with Crippen molar-refractivity contribution in [2.75, 3.05) is 45.6 Å². The number of rotatable bonds is 6. The Balaban J connectivity index is 1.27. The molecule has 1 aromatic carbocycles. The van der Waals surface area contributed by atoms with E-state index in [2.05, 4.69) is 25.7 Å². The standard InChI is InChI=1S/C20H25N9O3S/c1-26-16-15(17(30)22-19(26)31)28(18(21-16)27-9-11-32-12-10-27)8-5-13-33-20-23-24-25-29(20)14-6-3-2-4-7-14/h2-4,6-7,15-16H,5,8-13H2,1H3,(H,22,30,31). The lowest BCUT2D eigenvalue weighted by Gasteiger charge is -2.38. The lowest BCUT2D eigenvalue weighted by molar-refractivity contribution is -0.127. The lowest BCUT2D eigenvalue weighted by Crippen LogP contribution is -2.64. The molecule has 1 aromatic heterocycles. The van der Waals surface area contributed by atoms with Crippen molar-refractivity contribution in [3.8, 4) is 5.69 Å². The maximum Gasteiger partial charge on any atom is 0.325 e. The maximum absolute atomic E-state index is 12.7. The molecular weight excluding hydrogens is 446 g/mol. The average Bonchev–Trinajstić information content (AvgIpc) is 3.47. The van der Waals surface area contributed by atoms with Crippen LogP contribution in [0.1, 0.15) is 6.42 Å². The van der Waals surface area contributed by atoms with Crippen LogP contribution in [0.25, 0.3) is 5.69 Å². The number of imide groups is 1. The quantitative estimate of drug-likeness (QED) is 0.459. The van der Waals surface area contributed by atoms with Crippen LogP contribution in [-0.4, -0.2) is 111 Å². The van der Waals surface area contributed by atoms with Crippen LogP contribution in [0.15, 0.2) is 40.5 Å². The molecule has 3 aliphatic heterocycles. The van der Waals surface area contributed by atoms with Gasteiger partial charge < -0.3 is 19.4 Å². The zero-order valence-electron chi connectivity index (χ0n) is 18.2. The molecule has 2 unspecified atom stereocenters. The highest BCUT2D eigenvalue weighted by molar-refractivity contribution is 7.99. The number of fused-ring (bicyclic) bond motifs is 1. The number of hydrogen-bond acceptors (Lipinski definition) is 10. The van der Waals surface area contributed by atoms with Gasteiger partial charge in [-0.15, -0.1) is 5.10 Å². The van der Waals surface area contributed by atoms with Gasteiger partial charge in [0.25, 0.3) is 5.91 Å². The number of likely N-dealkylation sites (N-methyl/N-ethyl adjacent to an activating group) is 1. The molecule has 174 valence electrons. The number of tetrazole rings is 1. The molecule has 1 N–H and O–H groups in total. The molecule has 33 heavy (non-hydrogen) atoms. The number of urea groups is 1. The van der Waals surface area contributed by atoms with Crippen molar-refractivity contribution < 1.29 is 14.3 Å². The Morgan fingerprint density at radius 1 is 1.18 bits per heavy atom. The van der Waals surface area contributed by atoms with Gasteiger partial charge in [-0.3, -0.25) is 10.1 Å². The molecule has 0 bridgehead atoms. The van der Waals surface area contributed by atoms with Gasteiger partial charge in [0.15, 0.2) is 18.2 Å². The zero-order chi connectivity index (χ0) is 22.8. The summed E-state index contributed by atoms with van der Waals surface area (Å²) in [4.78, 5) is 35.3. The average molecular weight is 472 g/mol. The highest BCUT2D eigenvalue weighted by Gasteiger charge is 2.49. The summed E-state index contributed by atoms with van der Waals surface area (Å²) in [5.41, 5.74) is 0.903. The number of benzene rings is 1. The van der Waals surface area contributed by atoms with Gasteiger partial charge in [-0.1, -0.05) is 30.0 Å². The summed E-state index contributed by atoms with van der Waals surface area (Å²) < 4.78 is 7.19. The van der Waals surface area contributed by atoms with E-state index in [0.29, 0.717) is 38.0 Å². The predicted molar refractivity (Wildman–Crippen MR) is 120 cm³/mol. The summed E-state index contributed by atoms with van der Waals surface area (Å²) >= 11 is 1.56. The second-order valence-electron chi connectivity index (χ2n) is 7.90. The molecule has 0 radical (unpaired) electrons. The van der Waals surface area contributed by atoms with E-state index in [-0.39, 0.29) is 5.91 Å². The van der Waals surface area contributed by atoms with Crippen LogP contribution in [0.3, 0.4) is 0 Å². The van der Waals surface area contributed by atoms with Crippen molar-refractivity contribution in [2.24, 2.45) is 4.99 Å². The second-order valence-corrected chi connectivity index (χ2v) is 8.96. The Bertz CT molecular complexity index is 1040. The van der Waals surface area contributed by atoms with E-state index >= 15 is 0 Å². The first-order valence-corrected chi connectivity index (χ1v) is 11.8. The number of carbonyl (C=O) groups excluding carboxylic acids is 2. The van der Waals surface area contributed by atoms with Gasteiger partial charge in [-0.2, -0.15) is 4.68 Å². The fraction of sp³-hybridized carbons (Fsp3) is 0.500. The third-order valence-corrected chi connectivity index (χ3v) is 6.85. The number of nitrogens with zero attached hydrogens (tertiary/aromatic N) is 8. The van der Waals surface area contributed by atoms with Crippen molar-refractivity contribution >= 4 is 29.7 Å². The molecule has 0 spiro atoms. The number of ether oxygens (including phenoxy) is 1. The van der Waals surface area contributed by atoms with E-state index in [9.17, 15) is 9.59 Å². The molecule has 2 atom stereocenters. The van der Waals surface area contributed by atoms with Gasteiger partial charge in [0.1, 0.15) is 0 Å². The molecule has 2 fully saturated rings. The largest absolute Gasteiger partial charge is 0.378 e. The summed E-state index contributed by atoms with van der Waals surface area (Å²) in [5, 5.41) is 15.2. The van der Waals surface area contributed by atoms with Gasteiger partial charge in [-0.05, 0) is 29.0 Å². The minimum atomic E-state index is -0.537. The first-order chi connectivity index (χ1) is 16.1. The van der Waals surface area contributed by atoms with Gasteiger partial charge in [0.05, 0.1) is 18.9 Å². The smallest absolute Gasteiger partial charge is 0.325 e. The molecule has 0 saturated carbocycles. The van der Waals surface area contributed by atoms with Crippen molar-refractivity contribution in [3.63, 3.8) is 0 Å². The number of carbonyl (C=O) groups is 2. The summed E-state index contributed by atoms with van der Waals surface area (Å²) in [6.07, 6.45) is 0.256. The molecular formula is C20H25N9O3S. The highest BCUT2D eigenvalue weighted by atomic mass is 32.2. The fourth-order valence-electron chi connectivity index (χ4n) is 4.18. The summed E-state index contributed by atoms with van der Waals surface area (Å²) in [6.45, 7) is 3.25. The second kappa shape index (κ2) is 9.35.